The maximum atomic E-state index is 12.4. The van der Waals surface area contributed by atoms with Crippen molar-refractivity contribution in [1.29, 1.82) is 0 Å². The molecule has 0 aliphatic carbocycles. The van der Waals surface area contributed by atoms with Crippen LogP contribution in [0.2, 0.25) is 0 Å². The quantitative estimate of drug-likeness (QED) is 0.680. The Kier molecular flexibility index (Phi) is 5.46. The number of H-pyrrole nitrogens is 1. The zero-order valence-corrected chi connectivity index (χ0v) is 15.2. The Morgan fingerprint density at radius 1 is 1.08 bits per heavy atom. The second-order valence-electron chi connectivity index (χ2n) is 6.41. The third kappa shape index (κ3) is 3.67. The van der Waals surface area contributed by atoms with Gasteiger partial charge >= 0.3 is 0 Å². The molecule has 3 rings (SSSR count). The number of nitrogens with zero attached hydrogens (tertiary/aromatic N) is 2. The molecule has 5 nitrogen and oxygen atoms in total. The summed E-state index contributed by atoms with van der Waals surface area (Å²) in [6.45, 7) is 2.12. The van der Waals surface area contributed by atoms with E-state index in [1.54, 1.807) is 18.0 Å². The fourth-order valence-corrected chi connectivity index (χ4v) is 3.03. The van der Waals surface area contributed by atoms with Crippen LogP contribution in [0, 0.1) is 0 Å². The Hall–Kier alpha value is -2.95. The van der Waals surface area contributed by atoms with Crippen molar-refractivity contribution in [3.63, 3.8) is 0 Å². The molecule has 0 unspecified atom stereocenters. The molecule has 26 heavy (non-hydrogen) atoms. The van der Waals surface area contributed by atoms with Gasteiger partial charge in [0.15, 0.2) is 0 Å². The largest absolute Gasteiger partial charge is 0.315 e. The molecule has 0 saturated heterocycles. The fraction of sp³-hybridized carbons (Fsp3) is 0.286. The normalized spacial score (nSPS) is 10.8. The predicted molar refractivity (Wildman–Crippen MR) is 105 cm³/mol. The van der Waals surface area contributed by atoms with Gasteiger partial charge in [0.05, 0.1) is 11.1 Å². The second-order valence-corrected chi connectivity index (χ2v) is 6.41. The molecule has 3 aromatic rings. The lowest BCUT2D eigenvalue weighted by Gasteiger charge is -2.18. The topological polar surface area (TPSA) is 66.1 Å². The van der Waals surface area contributed by atoms with E-state index in [1.165, 1.54) is 0 Å². The van der Waals surface area contributed by atoms with E-state index in [0.29, 0.717) is 17.5 Å². The maximum Gasteiger partial charge on any atom is 0.272 e. The van der Waals surface area contributed by atoms with Crippen molar-refractivity contribution in [1.82, 2.24) is 10.2 Å². The Labute approximate surface area is 152 Å². The minimum absolute atomic E-state index is 0.106. The summed E-state index contributed by atoms with van der Waals surface area (Å²) < 4.78 is 0. The van der Waals surface area contributed by atoms with Gasteiger partial charge in [0.1, 0.15) is 0 Å². The van der Waals surface area contributed by atoms with Crippen LogP contribution in [0.1, 0.15) is 32.6 Å². The summed E-state index contributed by atoms with van der Waals surface area (Å²) in [5.74, 6) is 0.106. The second kappa shape index (κ2) is 7.95. The Bertz CT molecular complexity index is 978. The third-order valence-electron chi connectivity index (χ3n) is 4.57. The molecule has 134 valence electrons. The molecular formula is C21H23N3O2. The molecule has 0 saturated carbocycles. The van der Waals surface area contributed by atoms with Crippen molar-refractivity contribution < 1.29 is 4.79 Å². The van der Waals surface area contributed by atoms with Gasteiger partial charge in [-0.05, 0) is 24.6 Å². The molecule has 1 aromatic heterocycles. The number of aromatic amines is 1. The predicted octanol–water partition coefficient (Wildman–Crippen LogP) is 4.13. The molecule has 1 amide bonds. The molecule has 0 radical (unpaired) electrons. The molecule has 0 aliphatic rings. The highest BCUT2D eigenvalue weighted by Crippen LogP contribution is 2.27. The highest BCUT2D eigenvalue weighted by Gasteiger charge is 2.13. The van der Waals surface area contributed by atoms with Crippen molar-refractivity contribution in [2.45, 2.75) is 32.6 Å². The number of rotatable bonds is 6. The monoisotopic (exact) mass is 349 g/mol. The molecule has 0 spiro atoms. The first-order valence-corrected chi connectivity index (χ1v) is 8.96. The summed E-state index contributed by atoms with van der Waals surface area (Å²) in [6.07, 6.45) is 3.62. The van der Waals surface area contributed by atoms with Crippen LogP contribution in [0.3, 0.4) is 0 Å². The molecule has 1 heterocycles. The molecule has 2 aromatic carbocycles. The smallest absolute Gasteiger partial charge is 0.272 e. The zero-order chi connectivity index (χ0) is 18.5. The Morgan fingerprint density at radius 3 is 2.62 bits per heavy atom. The summed E-state index contributed by atoms with van der Waals surface area (Å²) in [5.41, 5.74) is 2.18. The molecule has 0 fully saturated rings. The lowest BCUT2D eigenvalue weighted by Crippen LogP contribution is -2.25. The number of hydrogen-bond donors (Lipinski definition) is 1. The minimum atomic E-state index is -0.205. The van der Waals surface area contributed by atoms with Gasteiger partial charge < -0.3 is 4.90 Å². The van der Waals surface area contributed by atoms with Crippen LogP contribution in [0.5, 0.6) is 0 Å². The molecule has 0 bridgehead atoms. The summed E-state index contributed by atoms with van der Waals surface area (Å²) >= 11 is 0. The molecule has 5 heteroatoms. The summed E-state index contributed by atoms with van der Waals surface area (Å²) in [5, 5.41) is 8.20. The lowest BCUT2D eigenvalue weighted by molar-refractivity contribution is -0.118. The van der Waals surface area contributed by atoms with E-state index in [9.17, 15) is 9.59 Å². The van der Waals surface area contributed by atoms with E-state index in [4.69, 9.17) is 0 Å². The van der Waals surface area contributed by atoms with Crippen molar-refractivity contribution in [2.75, 3.05) is 11.9 Å². The van der Waals surface area contributed by atoms with Crippen LogP contribution >= 0.6 is 0 Å². The first-order chi connectivity index (χ1) is 12.6. The average molecular weight is 349 g/mol. The number of unbranched alkanes of at least 4 members (excludes halogenated alkanes) is 2. The summed E-state index contributed by atoms with van der Waals surface area (Å²) in [7, 11) is 1.80. The summed E-state index contributed by atoms with van der Waals surface area (Å²) in [4.78, 5) is 26.1. The zero-order valence-electron chi connectivity index (χ0n) is 15.2. The molecule has 0 aliphatic heterocycles. The van der Waals surface area contributed by atoms with Gasteiger partial charge in [0.2, 0.25) is 5.91 Å². The van der Waals surface area contributed by atoms with Crippen LogP contribution < -0.4 is 10.5 Å². The van der Waals surface area contributed by atoms with Gasteiger partial charge in [-0.1, -0.05) is 50.1 Å². The fourth-order valence-electron chi connectivity index (χ4n) is 3.03. The van der Waals surface area contributed by atoms with Crippen molar-refractivity contribution in [3.8, 4) is 11.3 Å². The van der Waals surface area contributed by atoms with Crippen LogP contribution in [0.25, 0.3) is 22.0 Å². The lowest BCUT2D eigenvalue weighted by atomic mass is 10.0. The van der Waals surface area contributed by atoms with E-state index >= 15 is 0 Å². The van der Waals surface area contributed by atoms with E-state index in [0.717, 1.165) is 35.9 Å². The maximum absolute atomic E-state index is 12.4. The number of nitrogens with one attached hydrogen (secondary N) is 1. The standard InChI is InChI=1S/C21H23N3O2/c1-3-4-5-13-19(25)24(2)16-10-8-9-15(14-16)20-17-11-6-7-12-18(17)21(26)23-22-20/h6-12,14H,3-5,13H2,1-2H3,(H,23,26). The van der Waals surface area contributed by atoms with Crippen LogP contribution in [-0.4, -0.2) is 23.2 Å². The van der Waals surface area contributed by atoms with Gasteiger partial charge in [-0.2, -0.15) is 5.10 Å². The van der Waals surface area contributed by atoms with Crippen LogP contribution in [0.4, 0.5) is 5.69 Å². The number of benzene rings is 2. The molecule has 1 N–H and O–H groups in total. The number of carbonyl (C=O) groups is 1. The van der Waals surface area contributed by atoms with E-state index in [-0.39, 0.29) is 11.5 Å². The van der Waals surface area contributed by atoms with Crippen molar-refractivity contribution in [2.24, 2.45) is 0 Å². The van der Waals surface area contributed by atoms with Gasteiger partial charge in [-0.3, -0.25) is 9.59 Å². The highest BCUT2D eigenvalue weighted by atomic mass is 16.2. The minimum Gasteiger partial charge on any atom is -0.315 e. The number of fused-ring (bicyclic) bond motifs is 1. The van der Waals surface area contributed by atoms with E-state index in [2.05, 4.69) is 17.1 Å². The third-order valence-corrected chi connectivity index (χ3v) is 4.57. The van der Waals surface area contributed by atoms with E-state index < -0.39 is 0 Å². The number of anilines is 1. The van der Waals surface area contributed by atoms with Gasteiger partial charge in [0.25, 0.3) is 5.56 Å². The van der Waals surface area contributed by atoms with Crippen molar-refractivity contribution in [3.05, 3.63) is 58.9 Å². The molecular weight excluding hydrogens is 326 g/mol. The SMILES string of the molecule is CCCCCC(=O)N(C)c1cccc(-c2n[nH]c(=O)c3ccccc23)c1. The first-order valence-electron chi connectivity index (χ1n) is 8.96. The summed E-state index contributed by atoms with van der Waals surface area (Å²) in [6, 6.07) is 15.1. The number of aromatic nitrogens is 2. The van der Waals surface area contributed by atoms with Crippen LogP contribution in [0.15, 0.2) is 53.3 Å². The van der Waals surface area contributed by atoms with Gasteiger partial charge in [-0.25, -0.2) is 5.10 Å². The average Bonchev–Trinajstić information content (AvgIpc) is 2.68. The number of carbonyl (C=O) groups excluding carboxylic acids is 1. The van der Waals surface area contributed by atoms with Gasteiger partial charge in [0, 0.05) is 30.1 Å². The van der Waals surface area contributed by atoms with Crippen molar-refractivity contribution >= 4 is 22.4 Å². The Balaban J connectivity index is 1.94. The Morgan fingerprint density at radius 2 is 1.85 bits per heavy atom. The van der Waals surface area contributed by atoms with E-state index in [1.807, 2.05) is 42.5 Å². The first kappa shape index (κ1) is 17.9. The highest BCUT2D eigenvalue weighted by molar-refractivity contribution is 5.96. The van der Waals surface area contributed by atoms with Crippen LogP contribution in [-0.2, 0) is 4.79 Å². The number of amides is 1. The number of hydrogen-bond acceptors (Lipinski definition) is 3. The van der Waals surface area contributed by atoms with Gasteiger partial charge in [-0.15, -0.1) is 0 Å². The molecule has 0 atom stereocenters.